The fourth-order valence-electron chi connectivity index (χ4n) is 2.71. The number of nitrogens with zero attached hydrogens (tertiary/aromatic N) is 2. The lowest BCUT2D eigenvalue weighted by atomic mass is 10.2. The van der Waals surface area contributed by atoms with E-state index in [-0.39, 0.29) is 17.2 Å². The number of hydrogen-bond donors (Lipinski definition) is 1. The van der Waals surface area contributed by atoms with Gasteiger partial charge in [0.25, 0.3) is 5.56 Å². The zero-order valence-electron chi connectivity index (χ0n) is 15.2. The lowest BCUT2D eigenvalue weighted by molar-refractivity contribution is -0.118. The molecule has 3 aromatic rings. The summed E-state index contributed by atoms with van der Waals surface area (Å²) in [5, 5.41) is 4.31. The Labute approximate surface area is 166 Å². The number of aromatic nitrogens is 2. The van der Waals surface area contributed by atoms with Crippen LogP contribution in [0.5, 0.6) is 0 Å². The Hall–Kier alpha value is -2.31. The van der Waals surface area contributed by atoms with E-state index in [2.05, 4.69) is 10.3 Å². The van der Waals surface area contributed by atoms with E-state index in [1.807, 2.05) is 38.1 Å². The Bertz CT molecular complexity index is 1050. The number of aryl methyl sites for hydroxylation is 1. The normalized spacial score (nSPS) is 10.9. The predicted molar refractivity (Wildman–Crippen MR) is 111 cm³/mol. The summed E-state index contributed by atoms with van der Waals surface area (Å²) in [5.41, 5.74) is 2.05. The lowest BCUT2D eigenvalue weighted by Gasteiger charge is -2.15. The third kappa shape index (κ3) is 4.34. The van der Waals surface area contributed by atoms with Crippen molar-refractivity contribution in [2.24, 2.45) is 0 Å². The third-order valence-corrected chi connectivity index (χ3v) is 5.24. The molecule has 0 radical (unpaired) electrons. The molecule has 0 saturated carbocycles. The fourth-order valence-corrected chi connectivity index (χ4v) is 3.71. The summed E-state index contributed by atoms with van der Waals surface area (Å²) in [5.74, 6) is 0.100. The van der Waals surface area contributed by atoms with Gasteiger partial charge in [-0.25, -0.2) is 4.98 Å². The summed E-state index contributed by atoms with van der Waals surface area (Å²) in [4.78, 5) is 29.8. The minimum atomic E-state index is -0.178. The van der Waals surface area contributed by atoms with E-state index < -0.39 is 0 Å². The Kier molecular flexibility index (Phi) is 6.19. The number of carbonyl (C=O) groups is 1. The van der Waals surface area contributed by atoms with E-state index in [1.165, 1.54) is 11.8 Å². The Morgan fingerprint density at radius 2 is 2.04 bits per heavy atom. The number of fused-ring (bicyclic) bond motifs is 1. The number of thioether (sulfide) groups is 1. The van der Waals surface area contributed by atoms with Crippen LogP contribution in [-0.4, -0.2) is 27.8 Å². The van der Waals surface area contributed by atoms with Crippen molar-refractivity contribution in [3.63, 3.8) is 0 Å². The molecular weight excluding hydrogens is 382 g/mol. The summed E-state index contributed by atoms with van der Waals surface area (Å²) in [6.45, 7) is 4.57. The Balaban J connectivity index is 2.11. The molecule has 0 atom stereocenters. The highest BCUT2D eigenvalue weighted by Crippen LogP contribution is 2.24. The maximum atomic E-state index is 13.2. The zero-order valence-corrected chi connectivity index (χ0v) is 16.7. The van der Waals surface area contributed by atoms with Gasteiger partial charge in [-0.15, -0.1) is 0 Å². The second-order valence-corrected chi connectivity index (χ2v) is 7.50. The van der Waals surface area contributed by atoms with Gasteiger partial charge in [-0.2, -0.15) is 0 Å². The first kappa shape index (κ1) is 19.5. The molecule has 27 heavy (non-hydrogen) atoms. The molecule has 0 spiro atoms. The Morgan fingerprint density at radius 3 is 2.78 bits per heavy atom. The van der Waals surface area contributed by atoms with Gasteiger partial charge in [-0.1, -0.05) is 48.5 Å². The molecule has 140 valence electrons. The minimum absolute atomic E-state index is 0.0846. The van der Waals surface area contributed by atoms with Crippen LogP contribution in [0.2, 0.25) is 5.02 Å². The summed E-state index contributed by atoms with van der Waals surface area (Å²) < 4.78 is 1.57. The minimum Gasteiger partial charge on any atom is -0.355 e. The topological polar surface area (TPSA) is 64.0 Å². The van der Waals surface area contributed by atoms with E-state index in [9.17, 15) is 9.59 Å². The van der Waals surface area contributed by atoms with Crippen LogP contribution >= 0.6 is 23.4 Å². The number of hydrogen-bond acceptors (Lipinski definition) is 4. The van der Waals surface area contributed by atoms with Gasteiger partial charge in [0.15, 0.2) is 5.16 Å². The number of carbonyl (C=O) groups excluding carboxylic acids is 1. The molecule has 7 heteroatoms. The summed E-state index contributed by atoms with van der Waals surface area (Å²) in [6.07, 6.45) is 0.872. The number of nitrogens with one attached hydrogen (secondary N) is 1. The van der Waals surface area contributed by atoms with Crippen LogP contribution < -0.4 is 10.9 Å². The maximum Gasteiger partial charge on any atom is 0.266 e. The SMILES string of the molecule is CCCNC(=O)CSc1nc2cc(Cl)ccc2c(=O)n1-c1ccccc1C. The molecule has 1 amide bonds. The number of halogens is 1. The van der Waals surface area contributed by atoms with Gasteiger partial charge in [0.1, 0.15) is 0 Å². The first-order valence-corrected chi connectivity index (χ1v) is 10.1. The second kappa shape index (κ2) is 8.59. The highest BCUT2D eigenvalue weighted by Gasteiger charge is 2.16. The summed E-state index contributed by atoms with van der Waals surface area (Å²) in [6, 6.07) is 12.6. The van der Waals surface area contributed by atoms with Crippen molar-refractivity contribution in [2.45, 2.75) is 25.4 Å². The Morgan fingerprint density at radius 1 is 1.26 bits per heavy atom. The quantitative estimate of drug-likeness (QED) is 0.501. The summed E-state index contributed by atoms with van der Waals surface area (Å²) in [7, 11) is 0. The molecule has 0 unspecified atom stereocenters. The van der Waals surface area contributed by atoms with Crippen LogP contribution in [0.1, 0.15) is 18.9 Å². The maximum absolute atomic E-state index is 13.2. The molecule has 1 heterocycles. The molecule has 0 bridgehead atoms. The third-order valence-electron chi connectivity index (χ3n) is 4.06. The van der Waals surface area contributed by atoms with Gasteiger partial charge in [0.05, 0.1) is 22.3 Å². The van der Waals surface area contributed by atoms with Crippen LogP contribution in [0.15, 0.2) is 52.4 Å². The van der Waals surface area contributed by atoms with Crippen molar-refractivity contribution in [1.82, 2.24) is 14.9 Å². The average Bonchev–Trinajstić information content (AvgIpc) is 2.65. The van der Waals surface area contributed by atoms with Crippen molar-refractivity contribution in [1.29, 1.82) is 0 Å². The van der Waals surface area contributed by atoms with E-state index in [0.717, 1.165) is 17.7 Å². The second-order valence-electron chi connectivity index (χ2n) is 6.12. The van der Waals surface area contributed by atoms with Crippen molar-refractivity contribution in [2.75, 3.05) is 12.3 Å². The van der Waals surface area contributed by atoms with E-state index in [1.54, 1.807) is 22.8 Å². The van der Waals surface area contributed by atoms with E-state index in [0.29, 0.717) is 27.6 Å². The lowest BCUT2D eigenvalue weighted by Crippen LogP contribution is -2.27. The molecule has 3 rings (SSSR count). The molecule has 0 fully saturated rings. The number of benzene rings is 2. The van der Waals surface area contributed by atoms with Crippen LogP contribution in [0.4, 0.5) is 0 Å². The number of amides is 1. The van der Waals surface area contributed by atoms with E-state index in [4.69, 9.17) is 11.6 Å². The zero-order chi connectivity index (χ0) is 19.4. The summed E-state index contributed by atoms with van der Waals surface area (Å²) >= 11 is 7.31. The van der Waals surface area contributed by atoms with Gasteiger partial charge in [-0.3, -0.25) is 14.2 Å². The van der Waals surface area contributed by atoms with Crippen molar-refractivity contribution in [3.05, 3.63) is 63.4 Å². The molecule has 0 aliphatic heterocycles. The fraction of sp³-hybridized carbons (Fsp3) is 0.250. The molecule has 5 nitrogen and oxygen atoms in total. The molecule has 0 aliphatic rings. The molecule has 0 aliphatic carbocycles. The smallest absolute Gasteiger partial charge is 0.266 e. The first-order chi connectivity index (χ1) is 13.0. The molecule has 1 aromatic heterocycles. The predicted octanol–water partition coefficient (Wildman–Crippen LogP) is 3.97. The highest BCUT2D eigenvalue weighted by molar-refractivity contribution is 7.99. The van der Waals surface area contributed by atoms with E-state index >= 15 is 0 Å². The first-order valence-electron chi connectivity index (χ1n) is 8.69. The molecule has 0 saturated heterocycles. The van der Waals surface area contributed by atoms with Crippen LogP contribution in [0.3, 0.4) is 0 Å². The molecular formula is C20H20ClN3O2S. The van der Waals surface area contributed by atoms with Crippen LogP contribution in [-0.2, 0) is 4.79 Å². The van der Waals surface area contributed by atoms with Gasteiger partial charge in [0, 0.05) is 11.6 Å². The van der Waals surface area contributed by atoms with Crippen molar-refractivity contribution in [3.8, 4) is 5.69 Å². The van der Waals surface area contributed by atoms with Gasteiger partial charge < -0.3 is 5.32 Å². The molecule has 1 N–H and O–H groups in total. The average molecular weight is 402 g/mol. The highest BCUT2D eigenvalue weighted by atomic mass is 35.5. The number of rotatable bonds is 6. The number of para-hydroxylation sites is 1. The monoisotopic (exact) mass is 401 g/mol. The largest absolute Gasteiger partial charge is 0.355 e. The van der Waals surface area contributed by atoms with Gasteiger partial charge in [0.2, 0.25) is 5.91 Å². The van der Waals surface area contributed by atoms with Crippen LogP contribution in [0.25, 0.3) is 16.6 Å². The molecule has 2 aromatic carbocycles. The van der Waals surface area contributed by atoms with Gasteiger partial charge in [-0.05, 0) is 43.2 Å². The standard InChI is InChI=1S/C20H20ClN3O2S/c1-3-10-22-18(25)12-27-20-23-16-11-14(21)8-9-15(16)19(26)24(20)17-7-5-4-6-13(17)2/h4-9,11H,3,10,12H2,1-2H3,(H,22,25). The van der Waals surface area contributed by atoms with Gasteiger partial charge >= 0.3 is 0 Å². The van der Waals surface area contributed by atoms with Crippen LogP contribution in [0, 0.1) is 6.92 Å². The van der Waals surface area contributed by atoms with Crippen molar-refractivity contribution >= 4 is 40.2 Å². The van der Waals surface area contributed by atoms with Crippen molar-refractivity contribution < 1.29 is 4.79 Å².